The second-order valence-electron chi connectivity index (χ2n) is 6.68. The Morgan fingerprint density at radius 2 is 2.04 bits per heavy atom. The highest BCUT2D eigenvalue weighted by Gasteiger charge is 2.22. The molecule has 0 bridgehead atoms. The number of anilines is 1. The highest BCUT2D eigenvalue weighted by atomic mass is 16.6. The van der Waals surface area contributed by atoms with Gasteiger partial charge in [-0.1, -0.05) is 0 Å². The Labute approximate surface area is 159 Å². The quantitative estimate of drug-likeness (QED) is 0.380. The minimum atomic E-state index is -0.498. The van der Waals surface area contributed by atoms with E-state index in [1.165, 1.54) is 6.07 Å². The van der Waals surface area contributed by atoms with Gasteiger partial charge >= 0.3 is 0 Å². The molecule has 2 atom stereocenters. The molecule has 0 spiro atoms. The lowest BCUT2D eigenvalue weighted by molar-refractivity contribution is -0.384. The number of methoxy groups -OCH3 is 1. The molecule has 2 N–H and O–H groups in total. The highest BCUT2D eigenvalue weighted by Crippen LogP contribution is 2.25. The fourth-order valence-electron chi connectivity index (χ4n) is 3.16. The average molecular weight is 380 g/mol. The molecule has 1 amide bonds. The normalized spacial score (nSPS) is 20.3. The third-order valence-electron chi connectivity index (χ3n) is 4.29. The van der Waals surface area contributed by atoms with Gasteiger partial charge in [-0.05, 0) is 26.0 Å². The van der Waals surface area contributed by atoms with Crippen LogP contribution in [0, 0.1) is 10.1 Å². The van der Waals surface area contributed by atoms with Gasteiger partial charge in [0.1, 0.15) is 5.69 Å². The van der Waals surface area contributed by atoms with Crippen molar-refractivity contribution in [1.82, 2.24) is 10.2 Å². The SMILES string of the molecule is COCCNc1ccc(C(=O)NCCN2CC(C)OC(C)C2)cc1[N+](=O)[O-]. The molecule has 1 aliphatic heterocycles. The van der Waals surface area contributed by atoms with E-state index < -0.39 is 4.92 Å². The summed E-state index contributed by atoms with van der Waals surface area (Å²) >= 11 is 0. The zero-order valence-corrected chi connectivity index (χ0v) is 16.1. The smallest absolute Gasteiger partial charge is 0.293 e. The average Bonchev–Trinajstić information content (AvgIpc) is 2.61. The fourth-order valence-corrected chi connectivity index (χ4v) is 3.16. The Morgan fingerprint density at radius 3 is 2.67 bits per heavy atom. The minimum absolute atomic E-state index is 0.130. The number of hydrogen-bond donors (Lipinski definition) is 2. The first kappa shape index (κ1) is 21.1. The van der Waals surface area contributed by atoms with E-state index in [2.05, 4.69) is 15.5 Å². The maximum atomic E-state index is 12.3. The first-order valence-electron chi connectivity index (χ1n) is 9.08. The van der Waals surface area contributed by atoms with Crippen LogP contribution in [0.15, 0.2) is 18.2 Å². The standard InChI is InChI=1S/C18H28N4O5/c1-13-11-21(12-14(2)27-13)8-6-20-18(23)15-4-5-16(19-7-9-26-3)17(10-15)22(24)25/h4-5,10,13-14,19H,6-9,11-12H2,1-3H3,(H,20,23). The Bertz CT molecular complexity index is 645. The van der Waals surface area contributed by atoms with E-state index >= 15 is 0 Å². The third-order valence-corrected chi connectivity index (χ3v) is 4.29. The number of carbonyl (C=O) groups excluding carboxylic acids is 1. The second kappa shape index (κ2) is 10.2. The number of rotatable bonds is 9. The lowest BCUT2D eigenvalue weighted by Gasteiger charge is -2.35. The zero-order valence-electron chi connectivity index (χ0n) is 16.1. The van der Waals surface area contributed by atoms with Crippen molar-refractivity contribution in [3.05, 3.63) is 33.9 Å². The molecule has 1 fully saturated rings. The summed E-state index contributed by atoms with van der Waals surface area (Å²) in [5.74, 6) is -0.323. The van der Waals surface area contributed by atoms with Gasteiger partial charge in [0.25, 0.3) is 11.6 Å². The zero-order chi connectivity index (χ0) is 19.8. The van der Waals surface area contributed by atoms with Gasteiger partial charge in [0.2, 0.25) is 0 Å². The molecule has 0 aliphatic carbocycles. The van der Waals surface area contributed by atoms with Gasteiger partial charge in [-0.2, -0.15) is 0 Å². The molecular weight excluding hydrogens is 352 g/mol. The molecule has 0 saturated carbocycles. The van der Waals surface area contributed by atoms with E-state index in [4.69, 9.17) is 9.47 Å². The summed E-state index contributed by atoms with van der Waals surface area (Å²) in [5, 5.41) is 17.1. The maximum absolute atomic E-state index is 12.3. The van der Waals surface area contributed by atoms with E-state index in [1.807, 2.05) is 13.8 Å². The fraction of sp³-hybridized carbons (Fsp3) is 0.611. The largest absolute Gasteiger partial charge is 0.383 e. The van der Waals surface area contributed by atoms with Crippen LogP contribution in [0.1, 0.15) is 24.2 Å². The molecule has 0 aromatic heterocycles. The number of carbonyl (C=O) groups is 1. The van der Waals surface area contributed by atoms with Crippen LogP contribution in [0.2, 0.25) is 0 Å². The lowest BCUT2D eigenvalue weighted by Crippen LogP contribution is -2.47. The van der Waals surface area contributed by atoms with Gasteiger partial charge in [0.05, 0.1) is 23.7 Å². The van der Waals surface area contributed by atoms with E-state index in [0.717, 1.165) is 13.1 Å². The van der Waals surface area contributed by atoms with Crippen LogP contribution >= 0.6 is 0 Å². The predicted octanol–water partition coefficient (Wildman–Crippen LogP) is 1.49. The van der Waals surface area contributed by atoms with Crippen LogP contribution in [0.3, 0.4) is 0 Å². The number of benzene rings is 1. The number of hydrogen-bond acceptors (Lipinski definition) is 7. The van der Waals surface area contributed by atoms with Gasteiger partial charge in [-0.15, -0.1) is 0 Å². The Morgan fingerprint density at radius 1 is 1.33 bits per heavy atom. The number of amides is 1. The molecule has 2 rings (SSSR count). The van der Waals surface area contributed by atoms with E-state index in [1.54, 1.807) is 19.2 Å². The van der Waals surface area contributed by atoms with Crippen LogP contribution in [0.4, 0.5) is 11.4 Å². The van der Waals surface area contributed by atoms with E-state index in [9.17, 15) is 14.9 Å². The number of nitro benzene ring substituents is 1. The molecule has 27 heavy (non-hydrogen) atoms. The van der Waals surface area contributed by atoms with Crippen molar-refractivity contribution in [2.24, 2.45) is 0 Å². The number of ether oxygens (including phenoxy) is 2. The molecular formula is C18H28N4O5. The van der Waals surface area contributed by atoms with Crippen LogP contribution in [0.25, 0.3) is 0 Å². The van der Waals surface area contributed by atoms with Gasteiger partial charge < -0.3 is 20.1 Å². The Balaban J connectivity index is 1.91. The summed E-state index contributed by atoms with van der Waals surface area (Å²) in [7, 11) is 1.56. The molecule has 2 unspecified atom stereocenters. The monoisotopic (exact) mass is 380 g/mol. The first-order chi connectivity index (χ1) is 12.9. The van der Waals surface area contributed by atoms with Gasteiger partial charge in [-0.3, -0.25) is 19.8 Å². The van der Waals surface area contributed by atoms with Crippen LogP contribution in [-0.2, 0) is 9.47 Å². The summed E-state index contributed by atoms with van der Waals surface area (Å²) in [5.41, 5.74) is 0.502. The van der Waals surface area contributed by atoms with Gasteiger partial charge in [-0.25, -0.2) is 0 Å². The molecule has 150 valence electrons. The topological polar surface area (TPSA) is 106 Å². The molecule has 0 radical (unpaired) electrons. The summed E-state index contributed by atoms with van der Waals surface area (Å²) in [6, 6.07) is 4.42. The first-order valence-corrected chi connectivity index (χ1v) is 9.08. The molecule has 1 saturated heterocycles. The molecule has 1 aromatic rings. The predicted molar refractivity (Wildman–Crippen MR) is 102 cm³/mol. The van der Waals surface area contributed by atoms with Crippen molar-refractivity contribution in [2.45, 2.75) is 26.1 Å². The molecule has 1 heterocycles. The summed E-state index contributed by atoms with van der Waals surface area (Å²) in [4.78, 5) is 25.4. The van der Waals surface area contributed by atoms with Gasteiger partial charge in [0, 0.05) is 51.5 Å². The molecule has 9 nitrogen and oxygen atoms in total. The summed E-state index contributed by atoms with van der Waals surface area (Å²) < 4.78 is 10.6. The van der Waals surface area contributed by atoms with E-state index in [0.29, 0.717) is 31.9 Å². The Kier molecular flexibility index (Phi) is 7.96. The summed E-state index contributed by atoms with van der Waals surface area (Å²) in [6.45, 7) is 7.77. The highest BCUT2D eigenvalue weighted by molar-refractivity contribution is 5.95. The van der Waals surface area contributed by atoms with Crippen molar-refractivity contribution >= 4 is 17.3 Å². The molecule has 1 aromatic carbocycles. The lowest BCUT2D eigenvalue weighted by atomic mass is 10.1. The van der Waals surface area contributed by atoms with Crippen LogP contribution < -0.4 is 10.6 Å². The van der Waals surface area contributed by atoms with Crippen molar-refractivity contribution in [3.63, 3.8) is 0 Å². The third kappa shape index (κ3) is 6.46. The van der Waals surface area contributed by atoms with Crippen molar-refractivity contribution in [1.29, 1.82) is 0 Å². The number of morpholine rings is 1. The van der Waals surface area contributed by atoms with Gasteiger partial charge in [0.15, 0.2) is 0 Å². The number of nitro groups is 1. The Hall–Kier alpha value is -2.23. The van der Waals surface area contributed by atoms with Crippen molar-refractivity contribution in [2.75, 3.05) is 51.8 Å². The van der Waals surface area contributed by atoms with E-state index in [-0.39, 0.29) is 29.4 Å². The maximum Gasteiger partial charge on any atom is 0.293 e. The number of nitrogens with zero attached hydrogens (tertiary/aromatic N) is 2. The van der Waals surface area contributed by atoms with Crippen molar-refractivity contribution in [3.8, 4) is 0 Å². The molecule has 9 heteroatoms. The van der Waals surface area contributed by atoms with Crippen LogP contribution in [-0.4, -0.2) is 74.4 Å². The number of nitrogens with one attached hydrogen (secondary N) is 2. The summed E-state index contributed by atoms with van der Waals surface area (Å²) in [6.07, 6.45) is 0.343. The second-order valence-corrected chi connectivity index (χ2v) is 6.68. The minimum Gasteiger partial charge on any atom is -0.383 e. The van der Waals surface area contributed by atoms with Crippen LogP contribution in [0.5, 0.6) is 0 Å². The molecule has 1 aliphatic rings. The van der Waals surface area contributed by atoms with Crippen molar-refractivity contribution < 1.29 is 19.2 Å².